The van der Waals surface area contributed by atoms with Gasteiger partial charge in [0.15, 0.2) is 0 Å². The molecule has 2 saturated heterocycles. The molecule has 130 valence electrons. The summed E-state index contributed by atoms with van der Waals surface area (Å²) in [6.07, 6.45) is 0.942. The number of rotatable bonds is 4. The number of aliphatic hydroxyl groups excluding tert-OH is 1. The van der Waals surface area contributed by atoms with E-state index < -0.39 is 18.2 Å². The van der Waals surface area contributed by atoms with Gasteiger partial charge in [-0.05, 0) is 26.2 Å². The maximum Gasteiger partial charge on any atom is 0.408 e. The minimum atomic E-state index is -1.08. The van der Waals surface area contributed by atoms with Crippen molar-refractivity contribution in [1.82, 2.24) is 14.7 Å². The Morgan fingerprint density at radius 3 is 2.65 bits per heavy atom. The van der Waals surface area contributed by atoms with Crippen molar-refractivity contribution < 1.29 is 24.6 Å². The Balaban J connectivity index is 1.75. The molecular formula is C15H25N3O5. The van der Waals surface area contributed by atoms with E-state index >= 15 is 0 Å². The van der Waals surface area contributed by atoms with Gasteiger partial charge in [-0.2, -0.15) is 0 Å². The number of nitrogens with zero attached hydrogens (tertiary/aromatic N) is 3. The molecule has 0 aliphatic carbocycles. The lowest BCUT2D eigenvalue weighted by Gasteiger charge is -2.37. The highest BCUT2D eigenvalue weighted by molar-refractivity contribution is 5.86. The zero-order valence-corrected chi connectivity index (χ0v) is 13.5. The van der Waals surface area contributed by atoms with Gasteiger partial charge in [-0.25, -0.2) is 4.79 Å². The molecular weight excluding hydrogens is 302 g/mol. The minimum Gasteiger partial charge on any atom is -0.465 e. The lowest BCUT2D eigenvalue weighted by molar-refractivity contribution is -0.140. The molecule has 0 radical (unpaired) electrons. The van der Waals surface area contributed by atoms with Gasteiger partial charge in [-0.15, -0.1) is 0 Å². The predicted octanol–water partition coefficient (Wildman–Crippen LogP) is -0.0394. The van der Waals surface area contributed by atoms with Gasteiger partial charge in [0.05, 0.1) is 6.10 Å². The Morgan fingerprint density at radius 1 is 1.26 bits per heavy atom. The van der Waals surface area contributed by atoms with Crippen LogP contribution in [0, 0.1) is 0 Å². The summed E-state index contributed by atoms with van der Waals surface area (Å²) in [5.74, 6) is -0.201. The molecule has 0 aromatic carbocycles. The number of piperidine rings is 1. The Hall–Kier alpha value is -1.83. The van der Waals surface area contributed by atoms with Crippen LogP contribution in [0.25, 0.3) is 0 Å². The van der Waals surface area contributed by atoms with Crippen LogP contribution in [0.5, 0.6) is 0 Å². The molecule has 8 heteroatoms. The van der Waals surface area contributed by atoms with Gasteiger partial charge < -0.3 is 20.0 Å². The number of carboxylic acid groups (broad SMARTS) is 1. The van der Waals surface area contributed by atoms with Crippen molar-refractivity contribution in [2.24, 2.45) is 0 Å². The fourth-order valence-electron chi connectivity index (χ4n) is 3.17. The molecule has 0 bridgehead atoms. The van der Waals surface area contributed by atoms with E-state index in [1.807, 2.05) is 0 Å². The fourth-order valence-corrected chi connectivity index (χ4v) is 3.17. The van der Waals surface area contributed by atoms with Crippen molar-refractivity contribution >= 4 is 17.9 Å². The number of amides is 3. The summed E-state index contributed by atoms with van der Waals surface area (Å²) >= 11 is 0. The molecule has 8 nitrogen and oxygen atoms in total. The van der Waals surface area contributed by atoms with Crippen LogP contribution in [-0.2, 0) is 9.59 Å². The van der Waals surface area contributed by atoms with E-state index in [2.05, 4.69) is 0 Å². The summed E-state index contributed by atoms with van der Waals surface area (Å²) < 4.78 is 0. The molecule has 2 aliphatic rings. The van der Waals surface area contributed by atoms with E-state index in [9.17, 15) is 19.5 Å². The smallest absolute Gasteiger partial charge is 0.408 e. The van der Waals surface area contributed by atoms with E-state index in [0.29, 0.717) is 45.6 Å². The second-order valence-corrected chi connectivity index (χ2v) is 6.22. The minimum absolute atomic E-state index is 0.00780. The standard InChI is InChI=1S/C15H25N3O5/c1-11-14(21)16(8-9-18(11)15(22)23)6-3-5-13(20)17-7-2-4-12(19)10-17/h11-12,19H,2-10H2,1H3,(H,22,23)/t11-,12?/m0/s1. The fraction of sp³-hybridized carbons (Fsp3) is 0.800. The third-order valence-electron chi connectivity index (χ3n) is 4.56. The lowest BCUT2D eigenvalue weighted by Crippen LogP contribution is -2.57. The van der Waals surface area contributed by atoms with Gasteiger partial charge in [0.1, 0.15) is 6.04 Å². The number of carbonyl (C=O) groups excluding carboxylic acids is 2. The van der Waals surface area contributed by atoms with Crippen molar-refractivity contribution in [2.75, 3.05) is 32.7 Å². The van der Waals surface area contributed by atoms with Crippen LogP contribution in [-0.4, -0.2) is 87.7 Å². The topological polar surface area (TPSA) is 101 Å². The molecule has 0 spiro atoms. The molecule has 2 N–H and O–H groups in total. The molecule has 0 saturated carbocycles. The first-order valence-electron chi connectivity index (χ1n) is 8.14. The number of piperazine rings is 1. The molecule has 23 heavy (non-hydrogen) atoms. The van der Waals surface area contributed by atoms with E-state index in [4.69, 9.17) is 5.11 Å². The summed E-state index contributed by atoms with van der Waals surface area (Å²) in [6, 6.07) is -0.672. The number of hydrogen-bond acceptors (Lipinski definition) is 4. The number of hydrogen-bond donors (Lipinski definition) is 2. The Labute approximate surface area is 135 Å². The van der Waals surface area contributed by atoms with Crippen LogP contribution in [0.15, 0.2) is 0 Å². The SMILES string of the molecule is C[C@H]1C(=O)N(CCCC(=O)N2CCCC(O)C2)CCN1C(=O)O. The highest BCUT2D eigenvalue weighted by Gasteiger charge is 2.34. The van der Waals surface area contributed by atoms with Gasteiger partial charge in [0, 0.05) is 39.1 Å². The highest BCUT2D eigenvalue weighted by Crippen LogP contribution is 2.14. The summed E-state index contributed by atoms with van der Waals surface area (Å²) in [5.41, 5.74) is 0. The summed E-state index contributed by atoms with van der Waals surface area (Å²) in [4.78, 5) is 39.7. The molecule has 3 amide bonds. The van der Waals surface area contributed by atoms with E-state index in [1.54, 1.807) is 16.7 Å². The van der Waals surface area contributed by atoms with Crippen molar-refractivity contribution in [1.29, 1.82) is 0 Å². The van der Waals surface area contributed by atoms with Crippen LogP contribution < -0.4 is 0 Å². The first-order chi connectivity index (χ1) is 10.9. The molecule has 0 aromatic heterocycles. The molecule has 2 rings (SSSR count). The molecule has 2 fully saturated rings. The van der Waals surface area contributed by atoms with Crippen LogP contribution in [0.1, 0.15) is 32.6 Å². The van der Waals surface area contributed by atoms with Crippen molar-refractivity contribution in [2.45, 2.75) is 44.8 Å². The second kappa shape index (κ2) is 7.63. The van der Waals surface area contributed by atoms with E-state index in [1.165, 1.54) is 0 Å². The Bertz CT molecular complexity index is 470. The first kappa shape index (κ1) is 17.5. The van der Waals surface area contributed by atoms with E-state index in [-0.39, 0.29) is 11.8 Å². The Kier molecular flexibility index (Phi) is 5.81. The largest absolute Gasteiger partial charge is 0.465 e. The Morgan fingerprint density at radius 2 is 2.00 bits per heavy atom. The van der Waals surface area contributed by atoms with Gasteiger partial charge in [0.25, 0.3) is 0 Å². The maximum atomic E-state index is 12.2. The van der Waals surface area contributed by atoms with Crippen LogP contribution >= 0.6 is 0 Å². The monoisotopic (exact) mass is 327 g/mol. The predicted molar refractivity (Wildman–Crippen MR) is 81.8 cm³/mol. The number of aliphatic hydroxyl groups is 1. The van der Waals surface area contributed by atoms with E-state index in [0.717, 1.165) is 17.7 Å². The zero-order valence-electron chi connectivity index (χ0n) is 13.5. The van der Waals surface area contributed by atoms with Gasteiger partial charge in [-0.3, -0.25) is 14.5 Å². The maximum absolute atomic E-state index is 12.2. The highest BCUT2D eigenvalue weighted by atomic mass is 16.4. The quantitative estimate of drug-likeness (QED) is 0.754. The zero-order chi connectivity index (χ0) is 17.0. The van der Waals surface area contributed by atoms with Crippen LogP contribution in [0.3, 0.4) is 0 Å². The normalized spacial score (nSPS) is 25.7. The third kappa shape index (κ3) is 4.34. The molecule has 2 heterocycles. The van der Waals surface area contributed by atoms with Crippen LogP contribution in [0.4, 0.5) is 4.79 Å². The van der Waals surface area contributed by atoms with Gasteiger partial charge in [-0.1, -0.05) is 0 Å². The van der Waals surface area contributed by atoms with Gasteiger partial charge >= 0.3 is 6.09 Å². The molecule has 2 aliphatic heterocycles. The third-order valence-corrected chi connectivity index (χ3v) is 4.56. The molecule has 0 aromatic rings. The van der Waals surface area contributed by atoms with Crippen LogP contribution in [0.2, 0.25) is 0 Å². The van der Waals surface area contributed by atoms with Crippen molar-refractivity contribution in [3.05, 3.63) is 0 Å². The first-order valence-corrected chi connectivity index (χ1v) is 8.14. The molecule has 1 unspecified atom stereocenters. The van der Waals surface area contributed by atoms with Gasteiger partial charge in [0.2, 0.25) is 11.8 Å². The average molecular weight is 327 g/mol. The number of carbonyl (C=O) groups is 3. The summed E-state index contributed by atoms with van der Waals surface area (Å²) in [7, 11) is 0. The number of likely N-dealkylation sites (tertiary alicyclic amines) is 1. The van der Waals surface area contributed by atoms with Crippen molar-refractivity contribution in [3.63, 3.8) is 0 Å². The molecule has 2 atom stereocenters. The van der Waals surface area contributed by atoms with Crippen molar-refractivity contribution in [3.8, 4) is 0 Å². The number of β-amino-alcohol motifs (C(OH)–C–C–N with tert-alkyl or cyclic N) is 1. The second-order valence-electron chi connectivity index (χ2n) is 6.22. The summed E-state index contributed by atoms with van der Waals surface area (Å²) in [5, 5.41) is 18.6. The average Bonchev–Trinajstić information content (AvgIpc) is 2.51. The lowest BCUT2D eigenvalue weighted by atomic mass is 10.1. The summed E-state index contributed by atoms with van der Waals surface area (Å²) in [6.45, 7) is 3.79.